The Balaban J connectivity index is 3.81. The second kappa shape index (κ2) is 39.4. The van der Waals surface area contributed by atoms with E-state index in [0.29, 0.717) is 12.3 Å². The molecule has 0 aromatic rings. The van der Waals surface area contributed by atoms with Gasteiger partial charge in [-0.25, -0.2) is 0 Å². The van der Waals surface area contributed by atoms with Crippen LogP contribution in [0.5, 0.6) is 0 Å². The Morgan fingerprint density at radius 1 is 0.524 bits per heavy atom. The molecule has 0 bridgehead atoms. The summed E-state index contributed by atoms with van der Waals surface area (Å²) < 4.78 is 0. The number of nitrogens with one attached hydrogen (secondary N) is 11. The summed E-state index contributed by atoms with van der Waals surface area (Å²) in [6.45, 7) is 12.6. The van der Waals surface area contributed by atoms with Crippen molar-refractivity contribution in [1.29, 1.82) is 0 Å². The number of aliphatic hydroxyl groups is 2. The van der Waals surface area contributed by atoms with E-state index in [1.165, 1.54) is 13.8 Å². The van der Waals surface area contributed by atoms with Crippen molar-refractivity contribution in [2.24, 2.45) is 46.4 Å². The second-order valence-electron chi connectivity index (χ2n) is 22.0. The lowest BCUT2D eigenvalue weighted by Gasteiger charge is -2.29. The first-order valence-corrected chi connectivity index (χ1v) is 28.8. The molecule has 3 unspecified atom stereocenters. The summed E-state index contributed by atoms with van der Waals surface area (Å²) >= 11 is 0. The third kappa shape index (κ3) is 27.3. The van der Waals surface area contributed by atoms with Crippen molar-refractivity contribution in [1.82, 2.24) is 58.5 Å². The maximum Gasteiger partial charge on any atom is 0.245 e. The van der Waals surface area contributed by atoms with Crippen LogP contribution in [0.3, 0.4) is 0 Å². The van der Waals surface area contributed by atoms with Crippen LogP contribution in [0.15, 0.2) is 0 Å². The Bertz CT molecular complexity index is 2070. The van der Waals surface area contributed by atoms with Crippen LogP contribution in [0.4, 0.5) is 0 Å². The molecule has 13 atom stereocenters. The van der Waals surface area contributed by atoms with E-state index in [2.05, 4.69) is 72.3 Å². The van der Waals surface area contributed by atoms with Crippen LogP contribution in [0.2, 0.25) is 0 Å². The molecular formula is C53H100N16O13. The summed E-state index contributed by atoms with van der Waals surface area (Å²) in [5.74, 6) is -9.49. The van der Waals surface area contributed by atoms with Crippen LogP contribution in [-0.4, -0.2) is 187 Å². The van der Waals surface area contributed by atoms with E-state index in [1.54, 1.807) is 27.7 Å². The van der Waals surface area contributed by atoms with Gasteiger partial charge in [0, 0.05) is 13.0 Å². The molecule has 1 rings (SSSR count). The summed E-state index contributed by atoms with van der Waals surface area (Å²) in [5.41, 5.74) is 29.2. The maximum absolute atomic E-state index is 14.4. The first kappa shape index (κ1) is 73.9. The lowest BCUT2D eigenvalue weighted by Crippen LogP contribution is -2.62. The van der Waals surface area contributed by atoms with Gasteiger partial charge >= 0.3 is 0 Å². The normalized spacial score (nSPS) is 23.4. The van der Waals surface area contributed by atoms with Gasteiger partial charge in [0.1, 0.15) is 60.4 Å². The van der Waals surface area contributed by atoms with E-state index in [-0.39, 0.29) is 95.9 Å². The molecule has 1 fully saturated rings. The maximum atomic E-state index is 14.4. The zero-order valence-electron chi connectivity index (χ0n) is 49.4. The number of hydrogen-bond acceptors (Lipinski definition) is 18. The molecule has 0 saturated carbocycles. The minimum Gasteiger partial charge on any atom is -0.391 e. The largest absolute Gasteiger partial charge is 0.391 e. The number of nitrogens with two attached hydrogens (primary N) is 5. The van der Waals surface area contributed by atoms with E-state index in [9.17, 15) is 63.0 Å². The van der Waals surface area contributed by atoms with Gasteiger partial charge in [0.15, 0.2) is 0 Å². The van der Waals surface area contributed by atoms with Crippen molar-refractivity contribution in [2.45, 2.75) is 211 Å². The fourth-order valence-electron chi connectivity index (χ4n) is 8.76. The van der Waals surface area contributed by atoms with Gasteiger partial charge in [-0.15, -0.1) is 0 Å². The monoisotopic (exact) mass is 1170 g/mol. The molecule has 11 amide bonds. The Kier molecular flexibility index (Phi) is 35.5. The number of amides is 11. The molecule has 0 radical (unpaired) electrons. The molecule has 0 aliphatic carbocycles. The molecule has 1 aliphatic heterocycles. The summed E-state index contributed by atoms with van der Waals surface area (Å²) in [6.07, 6.45) is -0.760. The fourth-order valence-corrected chi connectivity index (χ4v) is 8.76. The topological polar surface area (TPSA) is 491 Å². The molecule has 29 nitrogen and oxygen atoms in total. The lowest BCUT2D eigenvalue weighted by molar-refractivity contribution is -0.137. The lowest BCUT2D eigenvalue weighted by atomic mass is 9.99. The van der Waals surface area contributed by atoms with E-state index in [0.717, 1.165) is 19.3 Å². The van der Waals surface area contributed by atoms with E-state index in [4.69, 9.17) is 28.7 Å². The van der Waals surface area contributed by atoms with Crippen molar-refractivity contribution in [2.75, 3.05) is 39.3 Å². The average Bonchev–Trinajstić information content (AvgIpc) is 3.41. The molecule has 470 valence electrons. The average molecular weight is 1170 g/mol. The number of rotatable bonds is 29. The van der Waals surface area contributed by atoms with Crippen LogP contribution in [0, 0.1) is 17.8 Å². The second-order valence-corrected chi connectivity index (χ2v) is 22.0. The Morgan fingerprint density at radius 3 is 1.39 bits per heavy atom. The molecule has 29 heteroatoms. The highest BCUT2D eigenvalue weighted by Crippen LogP contribution is 2.14. The first-order chi connectivity index (χ1) is 38.7. The highest BCUT2D eigenvalue weighted by Gasteiger charge is 2.37. The number of unbranched alkanes of at least 4 members (excludes halogenated alkanes) is 1. The molecular weight excluding hydrogens is 1070 g/mol. The van der Waals surface area contributed by atoms with Gasteiger partial charge in [-0.2, -0.15) is 0 Å². The number of carbonyl (C=O) groups is 11. The number of carbonyl (C=O) groups excluding carboxylic acids is 11. The molecule has 1 aliphatic rings. The first-order valence-electron chi connectivity index (χ1n) is 28.8. The third-order valence-corrected chi connectivity index (χ3v) is 13.7. The quantitative estimate of drug-likeness (QED) is 0.0311. The van der Waals surface area contributed by atoms with Gasteiger partial charge in [-0.05, 0) is 122 Å². The number of aliphatic hydroxyl groups excluding tert-OH is 2. The molecule has 0 aromatic carbocycles. The van der Waals surface area contributed by atoms with E-state index >= 15 is 0 Å². The van der Waals surface area contributed by atoms with Crippen molar-refractivity contribution in [3.63, 3.8) is 0 Å². The predicted octanol–water partition coefficient (Wildman–Crippen LogP) is -5.44. The summed E-state index contributed by atoms with van der Waals surface area (Å²) in [4.78, 5) is 153. The van der Waals surface area contributed by atoms with Crippen molar-refractivity contribution < 1.29 is 63.0 Å². The third-order valence-electron chi connectivity index (χ3n) is 13.7. The Morgan fingerprint density at radius 2 is 0.963 bits per heavy atom. The molecule has 0 aromatic heterocycles. The Hall–Kier alpha value is -6.11. The van der Waals surface area contributed by atoms with Gasteiger partial charge in [-0.3, -0.25) is 52.7 Å². The highest BCUT2D eigenvalue weighted by atomic mass is 16.3. The minimum atomic E-state index is -1.69. The molecule has 82 heavy (non-hydrogen) atoms. The van der Waals surface area contributed by atoms with Crippen molar-refractivity contribution in [3.05, 3.63) is 0 Å². The summed E-state index contributed by atoms with van der Waals surface area (Å²) in [6, 6.07) is -14.5. The van der Waals surface area contributed by atoms with Crippen LogP contribution >= 0.6 is 0 Å². The summed E-state index contributed by atoms with van der Waals surface area (Å²) in [5, 5.41) is 49.5. The smallest absolute Gasteiger partial charge is 0.245 e. The van der Waals surface area contributed by atoms with Crippen LogP contribution < -0.4 is 87.2 Å². The highest BCUT2D eigenvalue weighted by molar-refractivity contribution is 5.99. The van der Waals surface area contributed by atoms with Crippen molar-refractivity contribution in [3.8, 4) is 0 Å². The SMILES string of the molecule is CCC(C)CCCCC(=O)N[C@@H](CCN)C(=O)N[C@H](C(=O)N[C@@H](CCN)C(=O)N[C@H]1CCNC(=O)[C@H](C(C)O)NC(=O)[C@H](CCN)NC(=O)[C@H](CCN)NC(=O)[C@H](CC(C)C)NC(=O)[C@@H](CC(C)C)NC(=O)[C@H](CCN)NC1=O)C(C)O. The van der Waals surface area contributed by atoms with Gasteiger partial charge in [0.05, 0.1) is 12.2 Å². The zero-order valence-corrected chi connectivity index (χ0v) is 49.4. The fraction of sp³-hybridized carbons (Fsp3) is 0.792. The standard InChI is InChI=1S/C53H100N16O13/c1-9-30(6)12-10-11-13-41(72)60-33(14-20-54)48(77)69-43(32(8)71)53(82)65-36(17-23-57)45(74)64-38-19-25-59-52(81)42(31(7)70)68-49(78)37(18-24-58)62-44(73)34(15-21-55)63-50(79)39(26-28(2)3)67-51(80)40(27-29(4)5)66-46(75)35(16-22-56)61-47(38)76/h28-40,42-43,70-71H,9-27,54-58H2,1-8H3,(H,59,81)(H,60,72)(H,61,76)(H,62,73)(H,63,79)(H,64,74)(H,65,82)(H,66,75)(H,67,80)(H,68,78)(H,69,77)/t30?,31?,32?,33-,34-,35-,36-,37-,38-,39-,40+,42-,43-/m0/s1. The van der Waals surface area contributed by atoms with Crippen LogP contribution in [0.1, 0.15) is 139 Å². The Labute approximate surface area is 482 Å². The van der Waals surface area contributed by atoms with Gasteiger partial charge in [-0.1, -0.05) is 60.8 Å². The van der Waals surface area contributed by atoms with E-state index < -0.39 is 151 Å². The molecule has 23 N–H and O–H groups in total. The predicted molar refractivity (Wildman–Crippen MR) is 305 cm³/mol. The van der Waals surface area contributed by atoms with Crippen LogP contribution in [-0.2, 0) is 52.7 Å². The molecule has 1 saturated heterocycles. The molecule has 1 heterocycles. The summed E-state index contributed by atoms with van der Waals surface area (Å²) in [7, 11) is 0. The van der Waals surface area contributed by atoms with E-state index in [1.807, 2.05) is 0 Å². The zero-order chi connectivity index (χ0) is 62.2. The molecule has 0 spiro atoms. The van der Waals surface area contributed by atoms with Gasteiger partial charge < -0.3 is 97.4 Å². The van der Waals surface area contributed by atoms with Crippen LogP contribution in [0.25, 0.3) is 0 Å². The number of hydrogen-bond donors (Lipinski definition) is 18. The van der Waals surface area contributed by atoms with Crippen molar-refractivity contribution >= 4 is 65.0 Å². The van der Waals surface area contributed by atoms with Gasteiger partial charge in [0.25, 0.3) is 0 Å². The minimum absolute atomic E-state index is 0.0131. The van der Waals surface area contributed by atoms with Gasteiger partial charge in [0.2, 0.25) is 65.0 Å².